The smallest absolute Gasteiger partial charge is 0.349 e. The third-order valence-corrected chi connectivity index (χ3v) is 4.54. The van der Waals surface area contributed by atoms with Crippen LogP contribution < -0.4 is 16.3 Å². The van der Waals surface area contributed by atoms with Crippen molar-refractivity contribution in [2.24, 2.45) is 0 Å². The molecule has 4 N–H and O–H groups in total. The SMILES string of the molecule is O=c1[nH]c(Nc2ccc(CNc3ccccc3O)cc2)nn1-c1ccc(Cl)cc1. The number of hydrogen-bond donors (Lipinski definition) is 4. The molecule has 8 heteroatoms. The van der Waals surface area contributed by atoms with E-state index in [0.717, 1.165) is 11.3 Å². The average molecular weight is 408 g/mol. The number of nitrogens with zero attached hydrogens (tertiary/aromatic N) is 2. The number of phenols is 1. The Morgan fingerprint density at radius 1 is 1.00 bits per heavy atom. The molecule has 4 rings (SSSR count). The largest absolute Gasteiger partial charge is 0.506 e. The molecule has 7 nitrogen and oxygen atoms in total. The van der Waals surface area contributed by atoms with Crippen molar-refractivity contribution in [1.82, 2.24) is 14.8 Å². The van der Waals surface area contributed by atoms with E-state index in [4.69, 9.17) is 11.6 Å². The van der Waals surface area contributed by atoms with Gasteiger partial charge >= 0.3 is 5.69 Å². The van der Waals surface area contributed by atoms with E-state index in [2.05, 4.69) is 20.7 Å². The predicted molar refractivity (Wildman–Crippen MR) is 114 cm³/mol. The molecular formula is C21H18ClN5O2. The molecule has 0 saturated carbocycles. The Morgan fingerprint density at radius 3 is 2.45 bits per heavy atom. The lowest BCUT2D eigenvalue weighted by Gasteiger charge is -2.09. The number of halogens is 1. The number of nitrogens with one attached hydrogen (secondary N) is 3. The van der Waals surface area contributed by atoms with Crippen LogP contribution in [0.5, 0.6) is 5.75 Å². The van der Waals surface area contributed by atoms with Crippen molar-refractivity contribution in [3.8, 4) is 11.4 Å². The molecule has 29 heavy (non-hydrogen) atoms. The molecule has 0 unspecified atom stereocenters. The Bertz CT molecular complexity index is 1170. The summed E-state index contributed by atoms with van der Waals surface area (Å²) in [6.07, 6.45) is 0. The van der Waals surface area contributed by atoms with Gasteiger partial charge in [0.15, 0.2) is 0 Å². The van der Waals surface area contributed by atoms with Gasteiger partial charge in [0.05, 0.1) is 11.4 Å². The van der Waals surface area contributed by atoms with Gasteiger partial charge in [0.25, 0.3) is 0 Å². The first-order valence-electron chi connectivity index (χ1n) is 8.91. The Balaban J connectivity index is 1.42. The van der Waals surface area contributed by atoms with Crippen molar-refractivity contribution < 1.29 is 5.11 Å². The van der Waals surface area contributed by atoms with Crippen molar-refractivity contribution in [3.63, 3.8) is 0 Å². The summed E-state index contributed by atoms with van der Waals surface area (Å²) < 4.78 is 1.27. The van der Waals surface area contributed by atoms with Crippen LogP contribution in [-0.2, 0) is 6.54 Å². The molecule has 3 aromatic carbocycles. The Kier molecular flexibility index (Phi) is 5.22. The van der Waals surface area contributed by atoms with Gasteiger partial charge in [-0.25, -0.2) is 4.79 Å². The number of phenolic OH excluding ortho intramolecular Hbond substituents is 1. The maximum atomic E-state index is 12.2. The molecule has 0 fully saturated rings. The van der Waals surface area contributed by atoms with Gasteiger partial charge < -0.3 is 15.7 Å². The summed E-state index contributed by atoms with van der Waals surface area (Å²) >= 11 is 5.88. The molecular weight excluding hydrogens is 390 g/mol. The van der Waals surface area contributed by atoms with E-state index in [9.17, 15) is 9.90 Å². The number of aromatic amines is 1. The first kappa shape index (κ1) is 18.6. The van der Waals surface area contributed by atoms with E-state index in [0.29, 0.717) is 28.9 Å². The Labute approximate surface area is 171 Å². The molecule has 4 aromatic rings. The standard InChI is InChI=1S/C21H18ClN5O2/c22-15-7-11-17(12-8-15)27-21(29)25-20(26-27)24-16-9-5-14(6-10-16)13-23-18-3-1-2-4-19(18)28/h1-12,23,28H,13H2,(H2,24,25,26,29). The number of H-pyrrole nitrogens is 1. The monoisotopic (exact) mass is 407 g/mol. The summed E-state index contributed by atoms with van der Waals surface area (Å²) in [5.41, 5.74) is 2.78. The van der Waals surface area contributed by atoms with Crippen LogP contribution in [0, 0.1) is 0 Å². The fourth-order valence-corrected chi connectivity index (χ4v) is 2.93. The quantitative estimate of drug-likeness (QED) is 0.358. The number of rotatable bonds is 6. The van der Waals surface area contributed by atoms with Crippen LogP contribution in [0.15, 0.2) is 77.6 Å². The molecule has 0 bridgehead atoms. The van der Waals surface area contributed by atoms with Gasteiger partial charge in [-0.3, -0.25) is 4.98 Å². The summed E-state index contributed by atoms with van der Waals surface area (Å²) in [6, 6.07) is 21.6. The van der Waals surface area contributed by atoms with Gasteiger partial charge in [-0.15, -0.1) is 5.10 Å². The Morgan fingerprint density at radius 2 is 1.72 bits per heavy atom. The molecule has 0 radical (unpaired) electrons. The summed E-state index contributed by atoms with van der Waals surface area (Å²) in [5.74, 6) is 0.552. The van der Waals surface area contributed by atoms with Crippen molar-refractivity contribution in [1.29, 1.82) is 0 Å². The second kappa shape index (κ2) is 8.12. The van der Waals surface area contributed by atoms with Crippen LogP contribution >= 0.6 is 11.6 Å². The number of benzene rings is 3. The molecule has 0 aliphatic heterocycles. The molecule has 0 aliphatic rings. The fourth-order valence-electron chi connectivity index (χ4n) is 2.80. The van der Waals surface area contributed by atoms with Crippen molar-refractivity contribution in [2.45, 2.75) is 6.54 Å². The van der Waals surface area contributed by atoms with E-state index in [-0.39, 0.29) is 11.4 Å². The third-order valence-electron chi connectivity index (χ3n) is 4.29. The predicted octanol–water partition coefficient (Wildman–Crippen LogP) is 4.28. The number of anilines is 3. The van der Waals surface area contributed by atoms with Gasteiger partial charge in [-0.05, 0) is 54.1 Å². The zero-order valence-electron chi connectivity index (χ0n) is 15.3. The lowest BCUT2D eigenvalue weighted by Crippen LogP contribution is -2.15. The lowest BCUT2D eigenvalue weighted by atomic mass is 10.2. The van der Waals surface area contributed by atoms with E-state index in [1.807, 2.05) is 36.4 Å². The maximum absolute atomic E-state index is 12.2. The van der Waals surface area contributed by atoms with Crippen LogP contribution in [0.4, 0.5) is 17.3 Å². The van der Waals surface area contributed by atoms with Gasteiger partial charge in [-0.1, -0.05) is 35.9 Å². The zero-order chi connectivity index (χ0) is 20.2. The molecule has 0 atom stereocenters. The first-order chi connectivity index (χ1) is 14.1. The van der Waals surface area contributed by atoms with Gasteiger partial charge in [0.2, 0.25) is 5.95 Å². The Hall–Kier alpha value is -3.71. The van der Waals surface area contributed by atoms with Gasteiger partial charge in [0.1, 0.15) is 5.75 Å². The van der Waals surface area contributed by atoms with Crippen LogP contribution in [-0.4, -0.2) is 19.9 Å². The van der Waals surface area contributed by atoms with Crippen LogP contribution in [0.25, 0.3) is 5.69 Å². The molecule has 146 valence electrons. The van der Waals surface area contributed by atoms with Crippen molar-refractivity contribution in [2.75, 3.05) is 10.6 Å². The van der Waals surface area contributed by atoms with Gasteiger partial charge in [0, 0.05) is 17.3 Å². The molecule has 0 spiro atoms. The third kappa shape index (κ3) is 4.41. The van der Waals surface area contributed by atoms with Crippen molar-refractivity contribution in [3.05, 3.63) is 93.9 Å². The molecule has 0 aliphatic carbocycles. The minimum atomic E-state index is -0.349. The minimum Gasteiger partial charge on any atom is -0.506 e. The second-order valence-electron chi connectivity index (χ2n) is 6.36. The highest BCUT2D eigenvalue weighted by Gasteiger charge is 2.07. The van der Waals surface area contributed by atoms with E-state index >= 15 is 0 Å². The van der Waals surface area contributed by atoms with E-state index < -0.39 is 0 Å². The molecule has 1 heterocycles. The molecule has 0 amide bonds. The number of para-hydroxylation sites is 2. The highest BCUT2D eigenvalue weighted by atomic mass is 35.5. The van der Waals surface area contributed by atoms with E-state index in [1.54, 1.807) is 36.4 Å². The van der Waals surface area contributed by atoms with Crippen LogP contribution in [0.3, 0.4) is 0 Å². The van der Waals surface area contributed by atoms with Gasteiger partial charge in [-0.2, -0.15) is 4.68 Å². The highest BCUT2D eigenvalue weighted by Crippen LogP contribution is 2.22. The maximum Gasteiger partial charge on any atom is 0.349 e. The zero-order valence-corrected chi connectivity index (χ0v) is 16.0. The van der Waals surface area contributed by atoms with Crippen LogP contribution in [0.2, 0.25) is 5.02 Å². The van der Waals surface area contributed by atoms with E-state index in [1.165, 1.54) is 4.68 Å². The molecule has 0 saturated heterocycles. The summed E-state index contributed by atoms with van der Waals surface area (Å²) in [5, 5.41) is 20.9. The first-order valence-corrected chi connectivity index (χ1v) is 9.29. The van der Waals surface area contributed by atoms with Crippen LogP contribution in [0.1, 0.15) is 5.56 Å². The number of aromatic hydroxyl groups is 1. The summed E-state index contributed by atoms with van der Waals surface area (Å²) in [6.45, 7) is 0.569. The fraction of sp³-hybridized carbons (Fsp3) is 0.0476. The minimum absolute atomic E-state index is 0.214. The van der Waals surface area contributed by atoms with Crippen molar-refractivity contribution >= 4 is 28.9 Å². The highest BCUT2D eigenvalue weighted by molar-refractivity contribution is 6.30. The normalized spacial score (nSPS) is 10.7. The number of hydrogen-bond acceptors (Lipinski definition) is 5. The molecule has 1 aromatic heterocycles. The second-order valence-corrected chi connectivity index (χ2v) is 6.80. The number of aromatic nitrogens is 3. The average Bonchev–Trinajstić information content (AvgIpc) is 3.09. The topological polar surface area (TPSA) is 95.0 Å². The summed E-state index contributed by atoms with van der Waals surface area (Å²) in [7, 11) is 0. The lowest BCUT2D eigenvalue weighted by molar-refractivity contribution is 0.477. The summed E-state index contributed by atoms with van der Waals surface area (Å²) in [4.78, 5) is 14.8.